The van der Waals surface area contributed by atoms with Crippen LogP contribution in [0.1, 0.15) is 22.8 Å². The fraction of sp³-hybridized carbons (Fsp3) is 0.0417. The van der Waals surface area contributed by atoms with E-state index in [9.17, 15) is 23.3 Å². The third-order valence-electron chi connectivity index (χ3n) is 5.15. The summed E-state index contributed by atoms with van der Waals surface area (Å²) in [6.45, 7) is 1.76. The van der Waals surface area contributed by atoms with E-state index in [1.165, 1.54) is 42.5 Å². The Morgan fingerprint density at radius 2 is 1.72 bits per heavy atom. The van der Waals surface area contributed by atoms with Gasteiger partial charge in [-0.3, -0.25) is 19.6 Å². The van der Waals surface area contributed by atoms with Crippen LogP contribution in [0.3, 0.4) is 0 Å². The van der Waals surface area contributed by atoms with Crippen LogP contribution in [0.25, 0.3) is 5.69 Å². The van der Waals surface area contributed by atoms with Crippen LogP contribution in [0.5, 0.6) is 0 Å². The molecule has 0 bridgehead atoms. The highest BCUT2D eigenvalue weighted by Gasteiger charge is 2.18. The number of nitrogens with one attached hydrogen (secondary N) is 2. The SMILES string of the molecule is C/C(=N/NC(=O)c1ccc(NS(=O)(=O)c2cccc([N+](=O)[O-])c2)cc1)c1ccc(-n2ccnc2)cc1. The van der Waals surface area contributed by atoms with Crippen LogP contribution in [0.4, 0.5) is 11.4 Å². The summed E-state index contributed by atoms with van der Waals surface area (Å²) >= 11 is 0. The van der Waals surface area contributed by atoms with E-state index < -0.39 is 20.9 Å². The first-order chi connectivity index (χ1) is 17.2. The summed E-state index contributed by atoms with van der Waals surface area (Å²) < 4.78 is 29.3. The number of imidazole rings is 1. The van der Waals surface area contributed by atoms with Crippen molar-refractivity contribution in [2.75, 3.05) is 4.72 Å². The normalized spacial score (nSPS) is 11.6. The number of rotatable bonds is 8. The van der Waals surface area contributed by atoms with Gasteiger partial charge in [0.05, 0.1) is 21.9 Å². The first-order valence-electron chi connectivity index (χ1n) is 10.5. The molecule has 1 aromatic heterocycles. The molecule has 0 atom stereocenters. The number of sulfonamides is 1. The number of hydrazone groups is 1. The van der Waals surface area contributed by atoms with E-state index in [-0.39, 0.29) is 21.8 Å². The minimum Gasteiger partial charge on any atom is -0.306 e. The second-order valence-electron chi connectivity index (χ2n) is 7.59. The lowest BCUT2D eigenvalue weighted by atomic mass is 10.1. The Hall–Kier alpha value is -4.84. The van der Waals surface area contributed by atoms with E-state index in [4.69, 9.17) is 0 Å². The topological polar surface area (TPSA) is 149 Å². The first kappa shape index (κ1) is 24.3. The van der Waals surface area contributed by atoms with Gasteiger partial charge in [-0.25, -0.2) is 18.8 Å². The molecule has 4 aromatic rings. The van der Waals surface area contributed by atoms with Crippen molar-refractivity contribution in [3.05, 3.63) is 113 Å². The molecule has 1 amide bonds. The van der Waals surface area contributed by atoms with Crippen molar-refractivity contribution in [2.24, 2.45) is 5.10 Å². The second kappa shape index (κ2) is 10.2. The number of hydrogen-bond donors (Lipinski definition) is 2. The van der Waals surface area contributed by atoms with Crippen molar-refractivity contribution in [2.45, 2.75) is 11.8 Å². The highest BCUT2D eigenvalue weighted by Crippen LogP contribution is 2.21. The monoisotopic (exact) mass is 504 g/mol. The van der Waals surface area contributed by atoms with Crippen LogP contribution >= 0.6 is 0 Å². The fourth-order valence-corrected chi connectivity index (χ4v) is 4.32. The second-order valence-corrected chi connectivity index (χ2v) is 9.27. The number of hydrogen-bond acceptors (Lipinski definition) is 7. The number of aromatic nitrogens is 2. The Bertz CT molecular complexity index is 1530. The third kappa shape index (κ3) is 5.62. The van der Waals surface area contributed by atoms with Crippen molar-refractivity contribution < 1.29 is 18.1 Å². The zero-order valence-corrected chi connectivity index (χ0v) is 19.7. The predicted molar refractivity (Wildman–Crippen MR) is 134 cm³/mol. The van der Waals surface area contributed by atoms with Gasteiger partial charge in [0.15, 0.2) is 0 Å². The lowest BCUT2D eigenvalue weighted by Gasteiger charge is -2.09. The molecule has 3 aromatic carbocycles. The molecule has 0 saturated carbocycles. The summed E-state index contributed by atoms with van der Waals surface area (Å²) in [5.41, 5.74) is 4.96. The van der Waals surface area contributed by atoms with Gasteiger partial charge >= 0.3 is 0 Å². The van der Waals surface area contributed by atoms with Crippen LogP contribution < -0.4 is 10.1 Å². The maximum atomic E-state index is 12.6. The van der Waals surface area contributed by atoms with Gasteiger partial charge in [0.2, 0.25) is 0 Å². The lowest BCUT2D eigenvalue weighted by molar-refractivity contribution is -0.385. The molecule has 11 nitrogen and oxygen atoms in total. The maximum Gasteiger partial charge on any atom is 0.271 e. The van der Waals surface area contributed by atoms with Crippen molar-refractivity contribution >= 4 is 33.0 Å². The zero-order valence-electron chi connectivity index (χ0n) is 18.9. The zero-order chi connectivity index (χ0) is 25.7. The molecule has 1 heterocycles. The Morgan fingerprint density at radius 3 is 2.36 bits per heavy atom. The van der Waals surface area contributed by atoms with Crippen molar-refractivity contribution in [1.29, 1.82) is 0 Å². The van der Waals surface area contributed by atoms with Gasteiger partial charge in [-0.05, 0) is 55.0 Å². The van der Waals surface area contributed by atoms with Crippen LogP contribution in [0, 0.1) is 10.1 Å². The smallest absolute Gasteiger partial charge is 0.271 e. The van der Waals surface area contributed by atoms with Gasteiger partial charge in [-0.1, -0.05) is 18.2 Å². The highest BCUT2D eigenvalue weighted by atomic mass is 32.2. The molecular weight excluding hydrogens is 484 g/mol. The minimum atomic E-state index is -4.05. The molecule has 182 valence electrons. The van der Waals surface area contributed by atoms with E-state index in [2.05, 4.69) is 20.2 Å². The van der Waals surface area contributed by atoms with Crippen LogP contribution in [-0.4, -0.2) is 34.5 Å². The van der Waals surface area contributed by atoms with E-state index in [1.54, 1.807) is 19.4 Å². The van der Waals surface area contributed by atoms with E-state index >= 15 is 0 Å². The van der Waals surface area contributed by atoms with Gasteiger partial charge in [-0.2, -0.15) is 5.10 Å². The number of amides is 1. The first-order valence-corrected chi connectivity index (χ1v) is 12.0. The molecule has 36 heavy (non-hydrogen) atoms. The molecule has 4 rings (SSSR count). The summed E-state index contributed by atoms with van der Waals surface area (Å²) in [4.78, 5) is 26.5. The standard InChI is InChI=1S/C24H20N6O5S/c1-17(18-7-11-21(12-8-18)29-14-13-25-16-29)26-27-24(31)19-5-9-20(10-6-19)28-36(34,35)23-4-2-3-22(15-23)30(32)33/h2-16,28H,1H3,(H,27,31)/b26-17-. The van der Waals surface area contributed by atoms with E-state index in [0.29, 0.717) is 5.71 Å². The number of nitrogens with zero attached hydrogens (tertiary/aromatic N) is 4. The maximum absolute atomic E-state index is 12.6. The quantitative estimate of drug-likeness (QED) is 0.212. The molecular formula is C24H20N6O5S. The molecule has 12 heteroatoms. The number of benzene rings is 3. The van der Waals surface area contributed by atoms with Gasteiger partial charge in [0.25, 0.3) is 21.6 Å². The Kier molecular flexibility index (Phi) is 6.88. The van der Waals surface area contributed by atoms with Crippen molar-refractivity contribution in [3.63, 3.8) is 0 Å². The highest BCUT2D eigenvalue weighted by molar-refractivity contribution is 7.92. The Morgan fingerprint density at radius 1 is 1.03 bits per heavy atom. The predicted octanol–water partition coefficient (Wildman–Crippen LogP) is 3.74. The van der Waals surface area contributed by atoms with Crippen LogP contribution in [0.2, 0.25) is 0 Å². The summed E-state index contributed by atoms with van der Waals surface area (Å²) in [5.74, 6) is -0.475. The molecule has 0 aliphatic carbocycles. The average Bonchev–Trinajstić information content (AvgIpc) is 3.42. The molecule has 0 unspecified atom stereocenters. The largest absolute Gasteiger partial charge is 0.306 e. The summed E-state index contributed by atoms with van der Waals surface area (Å²) in [6.07, 6.45) is 5.22. The molecule has 2 N–H and O–H groups in total. The van der Waals surface area contributed by atoms with Crippen LogP contribution in [-0.2, 0) is 10.0 Å². The Balaban J connectivity index is 1.40. The van der Waals surface area contributed by atoms with Gasteiger partial charge < -0.3 is 4.57 Å². The number of non-ortho nitro benzene ring substituents is 1. The van der Waals surface area contributed by atoms with Crippen molar-refractivity contribution in [1.82, 2.24) is 15.0 Å². The van der Waals surface area contributed by atoms with Gasteiger partial charge in [0, 0.05) is 41.5 Å². The average molecular weight is 505 g/mol. The summed E-state index contributed by atoms with van der Waals surface area (Å²) in [5, 5.41) is 15.1. The van der Waals surface area contributed by atoms with Gasteiger partial charge in [-0.15, -0.1) is 0 Å². The molecule has 0 saturated heterocycles. The number of carbonyl (C=O) groups excluding carboxylic acids is 1. The van der Waals surface area contributed by atoms with E-state index in [0.717, 1.165) is 17.3 Å². The Labute approximate surface area is 206 Å². The minimum absolute atomic E-state index is 0.190. The van der Waals surface area contributed by atoms with Crippen LogP contribution in [0.15, 0.2) is 102 Å². The molecule has 0 fully saturated rings. The summed E-state index contributed by atoms with van der Waals surface area (Å²) in [7, 11) is -4.05. The number of nitro benzene ring substituents is 1. The molecule has 0 radical (unpaired) electrons. The number of nitro groups is 1. The van der Waals surface area contributed by atoms with E-state index in [1.807, 2.05) is 35.0 Å². The van der Waals surface area contributed by atoms with Gasteiger partial charge in [0.1, 0.15) is 0 Å². The molecule has 0 spiro atoms. The molecule has 0 aliphatic rings. The molecule has 0 aliphatic heterocycles. The fourth-order valence-electron chi connectivity index (χ4n) is 3.22. The summed E-state index contributed by atoms with van der Waals surface area (Å²) in [6, 6.07) is 18.0. The number of anilines is 1. The van der Waals surface area contributed by atoms with Crippen molar-refractivity contribution in [3.8, 4) is 5.69 Å². The third-order valence-corrected chi connectivity index (χ3v) is 6.53. The lowest BCUT2D eigenvalue weighted by Crippen LogP contribution is -2.19. The number of carbonyl (C=O) groups is 1.